The van der Waals surface area contributed by atoms with Crippen molar-refractivity contribution in [2.45, 2.75) is 44.2 Å². The first kappa shape index (κ1) is 9.86. The van der Waals surface area contributed by atoms with E-state index in [1.807, 2.05) is 0 Å². The van der Waals surface area contributed by atoms with Crippen LogP contribution in [0.15, 0.2) is 12.2 Å². The van der Waals surface area contributed by atoms with Gasteiger partial charge in [0.2, 0.25) is 0 Å². The van der Waals surface area contributed by atoms with Crippen LogP contribution in [-0.4, -0.2) is 36.6 Å². The van der Waals surface area contributed by atoms with Crippen molar-refractivity contribution >= 4 is 0 Å². The molecule has 0 aromatic rings. The Morgan fingerprint density at radius 3 is 2.60 bits per heavy atom. The minimum Gasteiger partial charge on any atom is -0.306 e. The molecule has 84 valence electrons. The van der Waals surface area contributed by atoms with Gasteiger partial charge >= 0.3 is 0 Å². The molecule has 0 aromatic carbocycles. The zero-order valence-corrected chi connectivity index (χ0v) is 9.49. The monoisotopic (exact) mass is 206 g/mol. The molecule has 0 amide bonds. The highest BCUT2D eigenvalue weighted by molar-refractivity contribution is 5.01. The fourth-order valence-corrected chi connectivity index (χ4v) is 3.38. The molecule has 0 radical (unpaired) electrons. The Kier molecular flexibility index (Phi) is 2.80. The molecular weight excluding hydrogens is 184 g/mol. The zero-order valence-electron chi connectivity index (χ0n) is 9.49. The summed E-state index contributed by atoms with van der Waals surface area (Å²) in [5.74, 6) is 0.963. The smallest absolute Gasteiger partial charge is 0.0253 e. The highest BCUT2D eigenvalue weighted by atomic mass is 15.2. The maximum Gasteiger partial charge on any atom is 0.0253 e. The van der Waals surface area contributed by atoms with Crippen LogP contribution in [0.5, 0.6) is 0 Å². The topological polar surface area (TPSA) is 15.3 Å². The predicted molar refractivity (Wildman–Crippen MR) is 62.9 cm³/mol. The summed E-state index contributed by atoms with van der Waals surface area (Å²) >= 11 is 0. The van der Waals surface area contributed by atoms with E-state index in [0.29, 0.717) is 6.04 Å². The molecule has 3 saturated heterocycles. The second-order valence-corrected chi connectivity index (χ2v) is 5.38. The minimum absolute atomic E-state index is 0.671. The zero-order chi connectivity index (χ0) is 10.1. The van der Waals surface area contributed by atoms with Crippen molar-refractivity contribution in [2.75, 3.05) is 19.6 Å². The van der Waals surface area contributed by atoms with Gasteiger partial charge in [-0.15, -0.1) is 0 Å². The molecular formula is C13H22N2. The van der Waals surface area contributed by atoms with Crippen LogP contribution in [0, 0.1) is 5.92 Å². The van der Waals surface area contributed by atoms with Crippen molar-refractivity contribution in [1.82, 2.24) is 10.2 Å². The van der Waals surface area contributed by atoms with E-state index in [2.05, 4.69) is 22.4 Å². The van der Waals surface area contributed by atoms with Crippen molar-refractivity contribution in [3.8, 4) is 0 Å². The third-order valence-corrected chi connectivity index (χ3v) is 4.34. The van der Waals surface area contributed by atoms with Gasteiger partial charge in [0, 0.05) is 18.6 Å². The molecule has 2 heteroatoms. The molecule has 0 saturated carbocycles. The highest BCUT2D eigenvalue weighted by Crippen LogP contribution is 2.28. The number of fused-ring (bicyclic) bond motifs is 3. The molecule has 4 aliphatic rings. The number of nitrogens with zero attached hydrogens (tertiary/aromatic N) is 1. The lowest BCUT2D eigenvalue weighted by molar-refractivity contribution is 0.0688. The fraction of sp³-hybridized carbons (Fsp3) is 0.846. The van der Waals surface area contributed by atoms with Crippen LogP contribution in [-0.2, 0) is 0 Å². The van der Waals surface area contributed by atoms with Gasteiger partial charge in [-0.3, -0.25) is 0 Å². The van der Waals surface area contributed by atoms with Gasteiger partial charge in [-0.1, -0.05) is 12.2 Å². The van der Waals surface area contributed by atoms with E-state index in [1.165, 1.54) is 51.7 Å². The lowest BCUT2D eigenvalue weighted by Gasteiger charge is -2.46. The molecule has 2 bridgehead atoms. The summed E-state index contributed by atoms with van der Waals surface area (Å²) in [7, 11) is 0. The lowest BCUT2D eigenvalue weighted by atomic mass is 9.83. The number of rotatable bonds is 2. The summed E-state index contributed by atoms with van der Waals surface area (Å²) in [6.07, 6.45) is 11.6. The Morgan fingerprint density at radius 2 is 2.00 bits per heavy atom. The molecule has 0 spiro atoms. The number of hydrogen-bond donors (Lipinski definition) is 1. The van der Waals surface area contributed by atoms with Gasteiger partial charge in [-0.25, -0.2) is 0 Å². The largest absolute Gasteiger partial charge is 0.306 e. The van der Waals surface area contributed by atoms with Gasteiger partial charge in [-0.2, -0.15) is 0 Å². The summed E-state index contributed by atoms with van der Waals surface area (Å²) in [5.41, 5.74) is 0. The van der Waals surface area contributed by atoms with Crippen LogP contribution in [0.4, 0.5) is 0 Å². The van der Waals surface area contributed by atoms with Crippen molar-refractivity contribution in [2.24, 2.45) is 5.92 Å². The number of hydrogen-bond acceptors (Lipinski definition) is 2. The Balaban J connectivity index is 1.58. The first-order chi connectivity index (χ1) is 7.42. The van der Waals surface area contributed by atoms with Gasteiger partial charge in [0.05, 0.1) is 0 Å². The maximum absolute atomic E-state index is 3.86. The quantitative estimate of drug-likeness (QED) is 0.693. The molecule has 3 aliphatic heterocycles. The van der Waals surface area contributed by atoms with Crippen molar-refractivity contribution in [1.29, 1.82) is 0 Å². The van der Waals surface area contributed by atoms with E-state index in [-0.39, 0.29) is 0 Å². The molecule has 1 N–H and O–H groups in total. The van der Waals surface area contributed by atoms with E-state index in [4.69, 9.17) is 0 Å². The van der Waals surface area contributed by atoms with Crippen LogP contribution >= 0.6 is 0 Å². The molecule has 1 aliphatic carbocycles. The molecule has 3 fully saturated rings. The molecule has 2 nitrogen and oxygen atoms in total. The molecule has 0 aromatic heterocycles. The number of piperidine rings is 3. The van der Waals surface area contributed by atoms with Crippen molar-refractivity contribution in [3.63, 3.8) is 0 Å². The normalized spacial score (nSPS) is 44.5. The van der Waals surface area contributed by atoms with Crippen LogP contribution in [0.1, 0.15) is 32.1 Å². The van der Waals surface area contributed by atoms with Gasteiger partial charge < -0.3 is 10.2 Å². The minimum atomic E-state index is 0.671. The summed E-state index contributed by atoms with van der Waals surface area (Å²) in [6, 6.07) is 1.45. The van der Waals surface area contributed by atoms with Gasteiger partial charge in [0.15, 0.2) is 0 Å². The van der Waals surface area contributed by atoms with Crippen molar-refractivity contribution < 1.29 is 0 Å². The fourth-order valence-electron chi connectivity index (χ4n) is 3.38. The van der Waals surface area contributed by atoms with E-state index in [9.17, 15) is 0 Å². The van der Waals surface area contributed by atoms with Crippen LogP contribution in [0.2, 0.25) is 0 Å². The lowest BCUT2D eigenvalue weighted by Crippen LogP contribution is -2.57. The van der Waals surface area contributed by atoms with Gasteiger partial charge in [-0.05, 0) is 51.1 Å². The third kappa shape index (κ3) is 2.11. The van der Waals surface area contributed by atoms with E-state index < -0.39 is 0 Å². The third-order valence-electron chi connectivity index (χ3n) is 4.34. The van der Waals surface area contributed by atoms with Gasteiger partial charge in [0.25, 0.3) is 0 Å². The Hall–Kier alpha value is -0.340. The van der Waals surface area contributed by atoms with Crippen LogP contribution in [0.25, 0.3) is 0 Å². The average molecular weight is 206 g/mol. The molecule has 4 rings (SSSR count). The molecule has 3 heterocycles. The SMILES string of the molecule is C1=CC(NC2CN3CCC2CC3)CCC1. The highest BCUT2D eigenvalue weighted by Gasteiger charge is 2.34. The standard InChI is InChI=1S/C13H22N2/c1-2-4-12(5-3-1)14-13-10-15-8-6-11(13)7-9-15/h2,4,11-14H,1,3,5-10H2. The van der Waals surface area contributed by atoms with E-state index >= 15 is 0 Å². The van der Waals surface area contributed by atoms with Gasteiger partial charge in [0.1, 0.15) is 0 Å². The molecule has 2 atom stereocenters. The average Bonchev–Trinajstić information content (AvgIpc) is 2.32. The number of allylic oxidation sites excluding steroid dienone is 1. The number of nitrogens with one attached hydrogen (secondary N) is 1. The second-order valence-electron chi connectivity index (χ2n) is 5.38. The summed E-state index contributed by atoms with van der Waals surface area (Å²) in [5, 5.41) is 3.86. The Bertz CT molecular complexity index is 241. The Morgan fingerprint density at radius 1 is 1.13 bits per heavy atom. The van der Waals surface area contributed by atoms with Crippen molar-refractivity contribution in [3.05, 3.63) is 12.2 Å². The van der Waals surface area contributed by atoms with E-state index in [0.717, 1.165) is 12.0 Å². The van der Waals surface area contributed by atoms with Crippen LogP contribution in [0.3, 0.4) is 0 Å². The second kappa shape index (κ2) is 4.26. The molecule has 2 unspecified atom stereocenters. The van der Waals surface area contributed by atoms with E-state index in [1.54, 1.807) is 0 Å². The molecule has 15 heavy (non-hydrogen) atoms. The summed E-state index contributed by atoms with van der Waals surface area (Å²) in [6.45, 7) is 4.00. The van der Waals surface area contributed by atoms with Crippen LogP contribution < -0.4 is 5.32 Å². The predicted octanol–water partition coefficient (Wildman–Crippen LogP) is 1.78. The Labute approximate surface area is 92.7 Å². The summed E-state index contributed by atoms with van der Waals surface area (Å²) in [4.78, 5) is 2.63. The first-order valence-corrected chi connectivity index (χ1v) is 6.57. The first-order valence-electron chi connectivity index (χ1n) is 6.57. The summed E-state index contributed by atoms with van der Waals surface area (Å²) < 4.78 is 0. The maximum atomic E-state index is 3.86.